The highest BCUT2D eigenvalue weighted by Gasteiger charge is 2.05. The van der Waals surface area contributed by atoms with Gasteiger partial charge in [0.15, 0.2) is 17.4 Å². The van der Waals surface area contributed by atoms with Gasteiger partial charge in [-0.2, -0.15) is 0 Å². The van der Waals surface area contributed by atoms with Crippen molar-refractivity contribution in [2.45, 2.75) is 13.8 Å². The second-order valence-corrected chi connectivity index (χ2v) is 4.60. The van der Waals surface area contributed by atoms with Crippen LogP contribution in [-0.4, -0.2) is 33.3 Å². The predicted octanol–water partition coefficient (Wildman–Crippen LogP) is 0.995. The van der Waals surface area contributed by atoms with Gasteiger partial charge in [-0.05, 0) is 6.92 Å². The maximum atomic E-state index is 9.69. The van der Waals surface area contributed by atoms with Gasteiger partial charge in [0, 0.05) is 6.16 Å². The molecule has 0 unspecified atom stereocenters. The summed E-state index contributed by atoms with van der Waals surface area (Å²) in [7, 11) is -3.65. The second kappa shape index (κ2) is 8.23. The minimum Gasteiger partial charge on any atom is -0.324 e. The first-order chi connectivity index (χ1) is 5.95. The van der Waals surface area contributed by atoms with Crippen molar-refractivity contribution in [3.8, 4) is 0 Å². The monoisotopic (exact) mass is 232 g/mol. The SMILES string of the molecule is CCP(=O)(O)O.Cc1ccccc1.[AlH3]. The number of rotatable bonds is 1. The Labute approximate surface area is 95.5 Å². The maximum Gasteiger partial charge on any atom is 0.325 e. The van der Waals surface area contributed by atoms with Crippen LogP contribution in [0.15, 0.2) is 30.3 Å². The first-order valence-corrected chi connectivity index (χ1v) is 5.81. The lowest BCUT2D eigenvalue weighted by Gasteiger charge is -1.92. The summed E-state index contributed by atoms with van der Waals surface area (Å²) in [6.45, 7) is 3.53. The fourth-order valence-electron chi connectivity index (χ4n) is 0.534. The molecular weight excluding hydrogens is 214 g/mol. The topological polar surface area (TPSA) is 57.5 Å². The third-order valence-corrected chi connectivity index (χ3v) is 2.18. The summed E-state index contributed by atoms with van der Waals surface area (Å²) in [6, 6.07) is 10.3. The summed E-state index contributed by atoms with van der Waals surface area (Å²) in [4.78, 5) is 15.9. The maximum absolute atomic E-state index is 9.69. The molecule has 0 atom stereocenters. The number of benzene rings is 1. The molecule has 80 valence electrons. The van der Waals surface area contributed by atoms with Crippen LogP contribution >= 0.6 is 7.60 Å². The van der Waals surface area contributed by atoms with Crippen LogP contribution in [-0.2, 0) is 4.57 Å². The van der Waals surface area contributed by atoms with Crippen LogP contribution in [0, 0.1) is 6.92 Å². The van der Waals surface area contributed by atoms with E-state index in [1.165, 1.54) is 12.5 Å². The molecule has 3 nitrogen and oxygen atoms in total. The molecule has 0 aromatic heterocycles. The third-order valence-electron chi connectivity index (χ3n) is 1.35. The molecule has 0 saturated heterocycles. The third kappa shape index (κ3) is 11.9. The fraction of sp³-hybridized carbons (Fsp3) is 0.333. The van der Waals surface area contributed by atoms with Crippen molar-refractivity contribution in [3.63, 3.8) is 0 Å². The molecule has 0 radical (unpaired) electrons. The van der Waals surface area contributed by atoms with E-state index in [0.717, 1.165) is 0 Å². The average Bonchev–Trinajstić information content (AvgIpc) is 2.06. The van der Waals surface area contributed by atoms with E-state index in [1.54, 1.807) is 0 Å². The summed E-state index contributed by atoms with van der Waals surface area (Å²) < 4.78 is 9.69. The van der Waals surface area contributed by atoms with Crippen molar-refractivity contribution in [2.75, 3.05) is 6.16 Å². The molecule has 5 heteroatoms. The van der Waals surface area contributed by atoms with E-state index in [9.17, 15) is 4.57 Å². The van der Waals surface area contributed by atoms with Gasteiger partial charge in [-0.1, -0.05) is 42.8 Å². The van der Waals surface area contributed by atoms with Gasteiger partial charge in [0.1, 0.15) is 0 Å². The lowest BCUT2D eigenvalue weighted by molar-refractivity contribution is 0.375. The van der Waals surface area contributed by atoms with E-state index in [0.29, 0.717) is 0 Å². The number of hydrogen-bond donors (Lipinski definition) is 2. The van der Waals surface area contributed by atoms with Gasteiger partial charge >= 0.3 is 7.60 Å². The van der Waals surface area contributed by atoms with Crippen molar-refractivity contribution >= 4 is 25.0 Å². The Hall–Kier alpha value is -0.0975. The second-order valence-electron chi connectivity index (χ2n) is 2.64. The molecule has 14 heavy (non-hydrogen) atoms. The highest BCUT2D eigenvalue weighted by atomic mass is 31.2. The highest BCUT2D eigenvalue weighted by molar-refractivity contribution is 7.51. The molecule has 0 saturated carbocycles. The molecule has 0 aliphatic carbocycles. The van der Waals surface area contributed by atoms with Gasteiger partial charge in [-0.25, -0.2) is 0 Å². The Morgan fingerprint density at radius 1 is 1.21 bits per heavy atom. The van der Waals surface area contributed by atoms with Crippen LogP contribution in [0.1, 0.15) is 12.5 Å². The molecule has 0 aliphatic rings. The van der Waals surface area contributed by atoms with Gasteiger partial charge < -0.3 is 9.79 Å². The Bertz CT molecular complexity index is 271. The Kier molecular flexibility index (Phi) is 9.60. The van der Waals surface area contributed by atoms with Gasteiger partial charge in [-0.15, -0.1) is 0 Å². The minimum absolute atomic E-state index is 0. The average molecular weight is 232 g/mol. The van der Waals surface area contributed by atoms with Crippen molar-refractivity contribution in [3.05, 3.63) is 35.9 Å². The lowest BCUT2D eigenvalue weighted by atomic mass is 10.2. The zero-order valence-electron chi connectivity index (χ0n) is 7.84. The van der Waals surface area contributed by atoms with E-state index < -0.39 is 7.60 Å². The van der Waals surface area contributed by atoms with E-state index in [1.807, 2.05) is 18.2 Å². The zero-order chi connectivity index (χ0) is 10.3. The Morgan fingerprint density at radius 2 is 1.57 bits per heavy atom. The van der Waals surface area contributed by atoms with Crippen LogP contribution in [0.5, 0.6) is 0 Å². The van der Waals surface area contributed by atoms with Crippen LogP contribution in [0.4, 0.5) is 0 Å². The van der Waals surface area contributed by atoms with Gasteiger partial charge in [0.05, 0.1) is 0 Å². The summed E-state index contributed by atoms with van der Waals surface area (Å²) in [5.41, 5.74) is 1.32. The molecule has 0 heterocycles. The molecular formula is C9H18AlO3P. The van der Waals surface area contributed by atoms with Gasteiger partial charge in [-0.3, -0.25) is 4.57 Å². The Morgan fingerprint density at radius 3 is 1.71 bits per heavy atom. The van der Waals surface area contributed by atoms with E-state index in [2.05, 4.69) is 19.1 Å². The molecule has 0 bridgehead atoms. The molecule has 0 amide bonds. The van der Waals surface area contributed by atoms with E-state index in [4.69, 9.17) is 9.79 Å². The molecule has 0 spiro atoms. The van der Waals surface area contributed by atoms with Crippen LogP contribution in [0.25, 0.3) is 0 Å². The summed E-state index contributed by atoms with van der Waals surface area (Å²) in [5, 5.41) is 0. The fourth-order valence-corrected chi connectivity index (χ4v) is 0.534. The van der Waals surface area contributed by atoms with Crippen molar-refractivity contribution in [1.29, 1.82) is 0 Å². The predicted molar refractivity (Wildman–Crippen MR) is 63.7 cm³/mol. The standard InChI is InChI=1S/C7H8.C2H7O3P.Al.3H/c1-7-5-3-2-4-6-7;1-2-6(3,4)5;;;;/h2-6H,1H3;2H2,1H3,(H2,3,4,5);;;;. The number of hydrogen-bond acceptors (Lipinski definition) is 1. The normalized spacial score (nSPS) is 9.43. The smallest absolute Gasteiger partial charge is 0.324 e. The molecule has 2 N–H and O–H groups in total. The first-order valence-electron chi connectivity index (χ1n) is 4.02. The molecule has 1 aromatic carbocycles. The quantitative estimate of drug-likeness (QED) is 0.561. The van der Waals surface area contributed by atoms with Gasteiger partial charge in [0.2, 0.25) is 0 Å². The molecule has 0 aliphatic heterocycles. The Balaban J connectivity index is 0. The van der Waals surface area contributed by atoms with Crippen molar-refractivity contribution < 1.29 is 14.4 Å². The molecule has 0 fully saturated rings. The number of aryl methyl sites for hydroxylation is 1. The summed E-state index contributed by atoms with van der Waals surface area (Å²) >= 11 is 0. The van der Waals surface area contributed by atoms with Gasteiger partial charge in [0.25, 0.3) is 0 Å². The largest absolute Gasteiger partial charge is 0.325 e. The molecule has 1 rings (SSSR count). The molecule has 1 aromatic rings. The van der Waals surface area contributed by atoms with Crippen molar-refractivity contribution in [1.82, 2.24) is 0 Å². The van der Waals surface area contributed by atoms with Crippen LogP contribution < -0.4 is 0 Å². The lowest BCUT2D eigenvalue weighted by Crippen LogP contribution is -1.76. The first kappa shape index (κ1) is 16.3. The van der Waals surface area contributed by atoms with Crippen LogP contribution in [0.3, 0.4) is 0 Å². The summed E-state index contributed by atoms with van der Waals surface area (Å²) in [6.07, 6.45) is -0.0625. The highest BCUT2D eigenvalue weighted by Crippen LogP contribution is 2.32. The van der Waals surface area contributed by atoms with E-state index in [-0.39, 0.29) is 23.5 Å². The van der Waals surface area contributed by atoms with Crippen LogP contribution in [0.2, 0.25) is 0 Å². The van der Waals surface area contributed by atoms with E-state index >= 15 is 0 Å². The van der Waals surface area contributed by atoms with Crippen molar-refractivity contribution in [2.24, 2.45) is 0 Å². The summed E-state index contributed by atoms with van der Waals surface area (Å²) in [5.74, 6) is 0. The zero-order valence-corrected chi connectivity index (χ0v) is 8.74. The minimum atomic E-state index is -3.65.